The Morgan fingerprint density at radius 2 is 1.75 bits per heavy atom. The minimum Gasteiger partial charge on any atom is -0.374 e. The van der Waals surface area contributed by atoms with Crippen LogP contribution in [0.3, 0.4) is 0 Å². The maximum absolute atomic E-state index is 13.4. The topological polar surface area (TPSA) is 49.9 Å². The molecule has 0 bridgehead atoms. The monoisotopic (exact) mass is 444 g/mol. The van der Waals surface area contributed by atoms with Gasteiger partial charge in [-0.3, -0.25) is 14.5 Å². The van der Waals surface area contributed by atoms with Gasteiger partial charge in [0.05, 0.1) is 13.2 Å². The minimum atomic E-state index is -0.363. The fourth-order valence-electron chi connectivity index (χ4n) is 4.32. The van der Waals surface area contributed by atoms with E-state index in [1.54, 1.807) is 12.2 Å². The smallest absolute Gasteiger partial charge is 0.255 e. The first-order valence-corrected chi connectivity index (χ1v) is 11.6. The fraction of sp³-hybridized carbons (Fsp3) is 0.231. The molecular formula is C26H24N2O3S. The third-order valence-corrected chi connectivity index (χ3v) is 6.89. The summed E-state index contributed by atoms with van der Waals surface area (Å²) >= 11 is 1.50. The van der Waals surface area contributed by atoms with E-state index in [9.17, 15) is 9.59 Å². The Morgan fingerprint density at radius 3 is 2.41 bits per heavy atom. The van der Waals surface area contributed by atoms with E-state index >= 15 is 0 Å². The predicted molar refractivity (Wildman–Crippen MR) is 126 cm³/mol. The number of benzene rings is 2. The van der Waals surface area contributed by atoms with Crippen LogP contribution in [0.5, 0.6) is 0 Å². The molecular weight excluding hydrogens is 420 g/mol. The predicted octanol–water partition coefficient (Wildman–Crippen LogP) is 4.33. The van der Waals surface area contributed by atoms with Gasteiger partial charge in [-0.25, -0.2) is 0 Å². The van der Waals surface area contributed by atoms with E-state index in [2.05, 4.69) is 17.0 Å². The van der Waals surface area contributed by atoms with E-state index in [0.29, 0.717) is 30.9 Å². The quantitative estimate of drug-likeness (QED) is 0.420. The van der Waals surface area contributed by atoms with Gasteiger partial charge in [-0.2, -0.15) is 11.3 Å². The largest absolute Gasteiger partial charge is 0.374 e. The summed E-state index contributed by atoms with van der Waals surface area (Å²) < 4.78 is 5.57. The summed E-state index contributed by atoms with van der Waals surface area (Å²) in [5.41, 5.74) is 3.11. The number of thiophene rings is 1. The molecule has 1 spiro atoms. The van der Waals surface area contributed by atoms with E-state index < -0.39 is 0 Å². The molecule has 2 saturated heterocycles. The molecule has 0 radical (unpaired) electrons. The van der Waals surface area contributed by atoms with E-state index in [1.165, 1.54) is 16.9 Å². The van der Waals surface area contributed by atoms with Crippen LogP contribution in [0.15, 0.2) is 77.5 Å². The van der Waals surface area contributed by atoms with Crippen LogP contribution < -0.4 is 0 Å². The number of allylic oxidation sites excluding steroid dienone is 1. The Bertz CT molecular complexity index is 1120. The number of carbonyl (C=O) groups excluding carboxylic acids is 2. The average molecular weight is 445 g/mol. The molecule has 5 nitrogen and oxygen atoms in total. The molecule has 3 heterocycles. The highest BCUT2D eigenvalue weighted by atomic mass is 32.1. The lowest BCUT2D eigenvalue weighted by molar-refractivity contribution is -0.176. The number of carbonyl (C=O) groups is 2. The Morgan fingerprint density at radius 1 is 0.969 bits per heavy atom. The lowest BCUT2D eigenvalue weighted by Gasteiger charge is -2.49. The molecule has 0 saturated carbocycles. The maximum atomic E-state index is 13.4. The van der Waals surface area contributed by atoms with Gasteiger partial charge in [0.25, 0.3) is 5.91 Å². The minimum absolute atomic E-state index is 0.0195. The van der Waals surface area contributed by atoms with Gasteiger partial charge in [0.2, 0.25) is 0 Å². The van der Waals surface area contributed by atoms with Gasteiger partial charge in [-0.05, 0) is 40.8 Å². The van der Waals surface area contributed by atoms with Crippen molar-refractivity contribution >= 4 is 29.1 Å². The average Bonchev–Trinajstić information content (AvgIpc) is 3.46. The van der Waals surface area contributed by atoms with Crippen molar-refractivity contribution in [3.05, 3.63) is 99.8 Å². The van der Waals surface area contributed by atoms with Crippen LogP contribution in [0, 0.1) is 0 Å². The van der Waals surface area contributed by atoms with Gasteiger partial charge in [0, 0.05) is 36.1 Å². The summed E-state index contributed by atoms with van der Waals surface area (Å²) in [6, 6.07) is 19.6. The molecule has 162 valence electrons. The Hall–Kier alpha value is -3.06. The molecule has 2 aliphatic heterocycles. The first-order valence-electron chi connectivity index (χ1n) is 10.7. The second-order valence-electron chi connectivity index (χ2n) is 8.17. The fourth-order valence-corrected chi connectivity index (χ4v) is 4.96. The molecule has 2 aromatic carbocycles. The van der Waals surface area contributed by atoms with E-state index in [0.717, 1.165) is 18.7 Å². The zero-order valence-electron chi connectivity index (χ0n) is 17.6. The second-order valence-corrected chi connectivity index (χ2v) is 8.95. The molecule has 6 heteroatoms. The van der Waals surface area contributed by atoms with Crippen molar-refractivity contribution in [1.82, 2.24) is 9.80 Å². The number of amides is 1. The molecule has 5 rings (SSSR count). The number of rotatable bonds is 6. The standard InChI is InChI=1S/C26H24N2O3S/c29-24(23-12-15-32-17-23)11-8-20-6-9-22(10-7-20)25(30)28-14-13-27(26(28)18-31-19-26)16-21-4-2-1-3-5-21/h1-12,15,17H,13-14,16,18-19H2/b11-8+. The third kappa shape index (κ3) is 3.93. The summed E-state index contributed by atoms with van der Waals surface area (Å²) in [5, 5.41) is 3.73. The van der Waals surface area contributed by atoms with Crippen LogP contribution in [0.25, 0.3) is 6.08 Å². The number of ketones is 1. The van der Waals surface area contributed by atoms with Gasteiger partial charge >= 0.3 is 0 Å². The van der Waals surface area contributed by atoms with Gasteiger partial charge < -0.3 is 9.64 Å². The number of hydrogen-bond acceptors (Lipinski definition) is 5. The summed E-state index contributed by atoms with van der Waals surface area (Å²) in [6.07, 6.45) is 3.36. The SMILES string of the molecule is O=C(/C=C/c1ccc(C(=O)N2CCN(Cc3ccccc3)C23COC3)cc1)c1ccsc1. The van der Waals surface area contributed by atoms with Crippen LogP contribution in [0.4, 0.5) is 0 Å². The van der Waals surface area contributed by atoms with Gasteiger partial charge in [-0.15, -0.1) is 0 Å². The lowest BCUT2D eigenvalue weighted by atomic mass is 10.0. The third-order valence-electron chi connectivity index (χ3n) is 6.20. The molecule has 0 N–H and O–H groups in total. The van der Waals surface area contributed by atoms with Crippen LogP contribution in [0.1, 0.15) is 31.8 Å². The zero-order chi connectivity index (χ0) is 22.0. The Labute approximate surface area is 191 Å². The molecule has 32 heavy (non-hydrogen) atoms. The van der Waals surface area contributed by atoms with Crippen molar-refractivity contribution in [3.63, 3.8) is 0 Å². The number of nitrogens with zero attached hydrogens (tertiary/aromatic N) is 2. The highest BCUT2D eigenvalue weighted by Crippen LogP contribution is 2.36. The van der Waals surface area contributed by atoms with Crippen molar-refractivity contribution in [2.24, 2.45) is 0 Å². The van der Waals surface area contributed by atoms with Gasteiger partial charge in [0.15, 0.2) is 5.78 Å². The van der Waals surface area contributed by atoms with Gasteiger partial charge in [-0.1, -0.05) is 48.5 Å². The highest BCUT2D eigenvalue weighted by molar-refractivity contribution is 7.08. The summed E-state index contributed by atoms with van der Waals surface area (Å²) in [7, 11) is 0. The summed E-state index contributed by atoms with van der Waals surface area (Å²) in [5.74, 6) is 0.00245. The molecule has 1 aromatic heterocycles. The van der Waals surface area contributed by atoms with Crippen LogP contribution in [-0.4, -0.2) is 53.5 Å². The highest BCUT2D eigenvalue weighted by Gasteiger charge is 2.54. The first-order chi connectivity index (χ1) is 15.7. The number of ether oxygens (including phenoxy) is 1. The second kappa shape index (κ2) is 8.82. The zero-order valence-corrected chi connectivity index (χ0v) is 18.5. The molecule has 2 aliphatic rings. The van der Waals surface area contributed by atoms with Crippen molar-refractivity contribution in [3.8, 4) is 0 Å². The van der Waals surface area contributed by atoms with E-state index in [4.69, 9.17) is 4.74 Å². The Balaban J connectivity index is 1.28. The molecule has 1 amide bonds. The number of hydrogen-bond donors (Lipinski definition) is 0. The molecule has 0 aliphatic carbocycles. The van der Waals surface area contributed by atoms with Crippen LogP contribution >= 0.6 is 11.3 Å². The maximum Gasteiger partial charge on any atom is 0.255 e. The van der Waals surface area contributed by atoms with E-state index in [-0.39, 0.29) is 17.4 Å². The molecule has 0 atom stereocenters. The summed E-state index contributed by atoms with van der Waals surface area (Å²) in [6.45, 7) is 3.39. The van der Waals surface area contributed by atoms with Crippen molar-refractivity contribution in [2.75, 3.05) is 26.3 Å². The lowest BCUT2D eigenvalue weighted by Crippen LogP contribution is -2.67. The molecule has 3 aromatic rings. The van der Waals surface area contributed by atoms with Crippen molar-refractivity contribution < 1.29 is 14.3 Å². The molecule has 0 unspecified atom stereocenters. The van der Waals surface area contributed by atoms with E-state index in [1.807, 2.05) is 64.2 Å². The van der Waals surface area contributed by atoms with Crippen LogP contribution in [-0.2, 0) is 11.3 Å². The normalized spacial score (nSPS) is 17.7. The summed E-state index contributed by atoms with van der Waals surface area (Å²) in [4.78, 5) is 29.8. The Kier molecular flexibility index (Phi) is 5.74. The van der Waals surface area contributed by atoms with Crippen molar-refractivity contribution in [1.29, 1.82) is 0 Å². The van der Waals surface area contributed by atoms with Crippen LogP contribution in [0.2, 0.25) is 0 Å². The van der Waals surface area contributed by atoms with Gasteiger partial charge in [0.1, 0.15) is 5.66 Å². The first kappa shape index (κ1) is 20.8. The van der Waals surface area contributed by atoms with Crippen molar-refractivity contribution in [2.45, 2.75) is 12.2 Å². The molecule has 2 fully saturated rings.